The maximum atomic E-state index is 13.0. The van der Waals surface area contributed by atoms with Gasteiger partial charge in [-0.1, -0.05) is 22.0 Å². The summed E-state index contributed by atoms with van der Waals surface area (Å²) in [6, 6.07) is 7.75. The molecular formula is C14H11BrF2N2O2. The second-order valence-corrected chi connectivity index (χ2v) is 5.03. The molecule has 0 fully saturated rings. The fraction of sp³-hybridized carbons (Fsp3) is 0.0714. The maximum Gasteiger partial charge on any atom is 0.265 e. The topological polar surface area (TPSA) is 64.3 Å². The van der Waals surface area contributed by atoms with Crippen molar-refractivity contribution < 1.29 is 18.3 Å². The highest BCUT2D eigenvalue weighted by atomic mass is 79.9. The Labute approximate surface area is 128 Å². The number of benzene rings is 2. The number of carbonyl (C=O) groups excluding carboxylic acids is 1. The standard InChI is InChI=1S/C14H11BrF2N2O2/c15-13-3-8(14(20)19-18)1-2-9(13)7-21-12-5-10(16)4-11(17)6-12/h1-6H,7,18H2,(H,19,20). The van der Waals surface area contributed by atoms with Crippen LogP contribution in [0, 0.1) is 11.6 Å². The van der Waals surface area contributed by atoms with Gasteiger partial charge >= 0.3 is 0 Å². The van der Waals surface area contributed by atoms with Crippen molar-refractivity contribution in [3.63, 3.8) is 0 Å². The zero-order chi connectivity index (χ0) is 15.4. The number of nitrogens with one attached hydrogen (secondary N) is 1. The van der Waals surface area contributed by atoms with Gasteiger partial charge in [0.05, 0.1) is 0 Å². The lowest BCUT2D eigenvalue weighted by Crippen LogP contribution is -2.29. The van der Waals surface area contributed by atoms with E-state index in [4.69, 9.17) is 10.6 Å². The van der Waals surface area contributed by atoms with E-state index in [9.17, 15) is 13.6 Å². The molecule has 0 heterocycles. The predicted octanol–water partition coefficient (Wildman–Crippen LogP) is 2.91. The third-order valence-corrected chi connectivity index (χ3v) is 3.41. The van der Waals surface area contributed by atoms with E-state index in [1.54, 1.807) is 18.2 Å². The van der Waals surface area contributed by atoms with Gasteiger partial charge in [0.15, 0.2) is 0 Å². The van der Waals surface area contributed by atoms with E-state index >= 15 is 0 Å². The summed E-state index contributed by atoms with van der Waals surface area (Å²) in [5, 5.41) is 0. The second kappa shape index (κ2) is 6.64. The zero-order valence-electron chi connectivity index (χ0n) is 10.7. The lowest BCUT2D eigenvalue weighted by Gasteiger charge is -2.09. The summed E-state index contributed by atoms with van der Waals surface area (Å²) in [5.41, 5.74) is 3.12. The van der Waals surface area contributed by atoms with Crippen molar-refractivity contribution in [1.82, 2.24) is 5.43 Å². The van der Waals surface area contributed by atoms with Gasteiger partial charge in [0.1, 0.15) is 24.0 Å². The molecule has 3 N–H and O–H groups in total. The van der Waals surface area contributed by atoms with E-state index in [1.165, 1.54) is 0 Å². The van der Waals surface area contributed by atoms with Crippen LogP contribution >= 0.6 is 15.9 Å². The first-order valence-corrected chi connectivity index (χ1v) is 6.67. The number of hydrazine groups is 1. The lowest BCUT2D eigenvalue weighted by molar-refractivity contribution is 0.0953. The Hall–Kier alpha value is -1.99. The van der Waals surface area contributed by atoms with Crippen molar-refractivity contribution in [2.24, 2.45) is 5.84 Å². The van der Waals surface area contributed by atoms with Crippen molar-refractivity contribution in [1.29, 1.82) is 0 Å². The highest BCUT2D eigenvalue weighted by Crippen LogP contribution is 2.22. The molecule has 110 valence electrons. The van der Waals surface area contributed by atoms with Crippen LogP contribution in [-0.2, 0) is 6.61 Å². The van der Waals surface area contributed by atoms with E-state index < -0.39 is 17.5 Å². The third-order valence-electron chi connectivity index (χ3n) is 2.68. The molecule has 0 saturated carbocycles. The fourth-order valence-corrected chi connectivity index (χ4v) is 2.16. The Balaban J connectivity index is 2.11. The van der Waals surface area contributed by atoms with Crippen LogP contribution in [0.15, 0.2) is 40.9 Å². The van der Waals surface area contributed by atoms with Gasteiger partial charge in [-0.3, -0.25) is 10.2 Å². The van der Waals surface area contributed by atoms with Gasteiger partial charge in [0.2, 0.25) is 0 Å². The number of ether oxygens (including phenoxy) is 1. The molecule has 0 saturated heterocycles. The molecule has 0 aromatic heterocycles. The fourth-order valence-electron chi connectivity index (χ4n) is 1.66. The lowest BCUT2D eigenvalue weighted by atomic mass is 10.1. The number of nitrogen functional groups attached to an aromatic ring is 1. The second-order valence-electron chi connectivity index (χ2n) is 4.17. The molecule has 0 bridgehead atoms. The summed E-state index contributed by atoms with van der Waals surface area (Å²) >= 11 is 3.30. The smallest absolute Gasteiger partial charge is 0.265 e. The van der Waals surface area contributed by atoms with Crippen molar-refractivity contribution in [2.75, 3.05) is 0 Å². The van der Waals surface area contributed by atoms with Crippen molar-refractivity contribution >= 4 is 21.8 Å². The summed E-state index contributed by atoms with van der Waals surface area (Å²) in [7, 11) is 0. The quantitative estimate of drug-likeness (QED) is 0.503. The van der Waals surface area contributed by atoms with Crippen LogP contribution < -0.4 is 16.0 Å². The van der Waals surface area contributed by atoms with Crippen LogP contribution in [0.3, 0.4) is 0 Å². The minimum Gasteiger partial charge on any atom is -0.489 e. The first-order chi connectivity index (χ1) is 9.99. The van der Waals surface area contributed by atoms with E-state index in [2.05, 4.69) is 15.9 Å². The van der Waals surface area contributed by atoms with Gasteiger partial charge in [-0.05, 0) is 12.1 Å². The maximum absolute atomic E-state index is 13.0. The van der Waals surface area contributed by atoms with Gasteiger partial charge in [-0.25, -0.2) is 14.6 Å². The average molecular weight is 357 g/mol. The van der Waals surface area contributed by atoms with E-state index in [-0.39, 0.29) is 12.4 Å². The summed E-state index contributed by atoms with van der Waals surface area (Å²) in [6.07, 6.45) is 0. The van der Waals surface area contributed by atoms with Crippen LogP contribution in [0.5, 0.6) is 5.75 Å². The van der Waals surface area contributed by atoms with Crippen LogP contribution in [0.1, 0.15) is 15.9 Å². The van der Waals surface area contributed by atoms with Gasteiger partial charge in [0, 0.05) is 33.8 Å². The Kier molecular flexibility index (Phi) is 4.87. The summed E-state index contributed by atoms with van der Waals surface area (Å²) in [5.74, 6) is 3.29. The number of nitrogens with two attached hydrogens (primary N) is 1. The van der Waals surface area contributed by atoms with Gasteiger partial charge in [0.25, 0.3) is 5.91 Å². The molecule has 0 atom stereocenters. The van der Waals surface area contributed by atoms with E-state index in [0.717, 1.165) is 18.2 Å². The van der Waals surface area contributed by atoms with Crippen LogP contribution in [0.4, 0.5) is 8.78 Å². The SMILES string of the molecule is NNC(=O)c1ccc(COc2cc(F)cc(F)c2)c(Br)c1. The van der Waals surface area contributed by atoms with Crippen LogP contribution in [-0.4, -0.2) is 5.91 Å². The largest absolute Gasteiger partial charge is 0.489 e. The Morgan fingerprint density at radius 3 is 2.43 bits per heavy atom. The highest BCUT2D eigenvalue weighted by Gasteiger charge is 2.08. The number of carbonyl (C=O) groups is 1. The normalized spacial score (nSPS) is 10.3. The molecule has 4 nitrogen and oxygen atoms in total. The molecule has 1 amide bonds. The van der Waals surface area contributed by atoms with Crippen molar-refractivity contribution in [3.05, 3.63) is 63.6 Å². The summed E-state index contributed by atoms with van der Waals surface area (Å²) in [6.45, 7) is 0.0913. The van der Waals surface area contributed by atoms with Gasteiger partial charge in [-0.2, -0.15) is 0 Å². The molecule has 2 aromatic carbocycles. The predicted molar refractivity (Wildman–Crippen MR) is 76.5 cm³/mol. The molecule has 21 heavy (non-hydrogen) atoms. The third kappa shape index (κ3) is 3.99. The van der Waals surface area contributed by atoms with Gasteiger partial charge < -0.3 is 4.74 Å². The minimum absolute atomic E-state index is 0.0863. The first kappa shape index (κ1) is 15.4. The molecule has 0 aliphatic carbocycles. The van der Waals surface area contributed by atoms with Crippen LogP contribution in [0.2, 0.25) is 0 Å². The Morgan fingerprint density at radius 1 is 1.19 bits per heavy atom. The molecule has 2 aromatic rings. The van der Waals surface area contributed by atoms with Crippen LogP contribution in [0.25, 0.3) is 0 Å². The molecule has 0 aliphatic rings. The monoisotopic (exact) mass is 356 g/mol. The number of halogens is 3. The molecule has 0 spiro atoms. The highest BCUT2D eigenvalue weighted by molar-refractivity contribution is 9.10. The number of hydrogen-bond donors (Lipinski definition) is 2. The van der Waals surface area contributed by atoms with E-state index in [1.807, 2.05) is 5.43 Å². The molecule has 2 rings (SSSR count). The molecule has 7 heteroatoms. The molecule has 0 aliphatic heterocycles. The summed E-state index contributed by atoms with van der Waals surface area (Å²) < 4.78 is 32.0. The number of rotatable bonds is 4. The first-order valence-electron chi connectivity index (χ1n) is 5.88. The molecule has 0 radical (unpaired) electrons. The average Bonchev–Trinajstić information content (AvgIpc) is 2.44. The Bertz CT molecular complexity index is 660. The molecule has 0 unspecified atom stereocenters. The minimum atomic E-state index is -0.709. The van der Waals surface area contributed by atoms with Gasteiger partial charge in [-0.15, -0.1) is 0 Å². The zero-order valence-corrected chi connectivity index (χ0v) is 12.3. The number of amides is 1. The van der Waals surface area contributed by atoms with E-state index in [0.29, 0.717) is 15.6 Å². The Morgan fingerprint density at radius 2 is 1.86 bits per heavy atom. The number of hydrogen-bond acceptors (Lipinski definition) is 3. The van der Waals surface area contributed by atoms with Crippen molar-refractivity contribution in [2.45, 2.75) is 6.61 Å². The summed E-state index contributed by atoms with van der Waals surface area (Å²) in [4.78, 5) is 11.4. The molecular weight excluding hydrogens is 346 g/mol. The van der Waals surface area contributed by atoms with Crippen molar-refractivity contribution in [3.8, 4) is 5.75 Å².